The summed E-state index contributed by atoms with van der Waals surface area (Å²) < 4.78 is 10.7. The Morgan fingerprint density at radius 3 is 1.86 bits per heavy atom. The molecule has 2 heterocycles. The fourth-order valence-corrected chi connectivity index (χ4v) is 4.67. The molecule has 0 saturated heterocycles. The van der Waals surface area contributed by atoms with Gasteiger partial charge in [-0.05, 0) is 60.2 Å². The fraction of sp³-hybridized carbons (Fsp3) is 0.0645. The van der Waals surface area contributed by atoms with Crippen molar-refractivity contribution < 1.29 is 9.47 Å². The van der Waals surface area contributed by atoms with Crippen molar-refractivity contribution in [2.24, 2.45) is 4.99 Å². The molecule has 4 nitrogen and oxygen atoms in total. The normalized spacial score (nSPS) is 13.7. The zero-order chi connectivity index (χ0) is 23.8. The minimum absolute atomic E-state index is 0.834. The Hall–Kier alpha value is -4.57. The van der Waals surface area contributed by atoms with Gasteiger partial charge >= 0.3 is 0 Å². The van der Waals surface area contributed by atoms with Gasteiger partial charge in [0.15, 0.2) is 0 Å². The minimum Gasteiger partial charge on any atom is -0.497 e. The van der Waals surface area contributed by atoms with E-state index in [0.717, 1.165) is 61.9 Å². The predicted molar refractivity (Wildman–Crippen MR) is 143 cm³/mol. The van der Waals surface area contributed by atoms with Gasteiger partial charge in [0, 0.05) is 33.2 Å². The Balaban J connectivity index is 1.49. The molecule has 170 valence electrons. The molecule has 4 aromatic carbocycles. The molecule has 5 aromatic rings. The van der Waals surface area contributed by atoms with E-state index in [2.05, 4.69) is 83.9 Å². The second kappa shape index (κ2) is 8.65. The van der Waals surface area contributed by atoms with E-state index in [9.17, 15) is 0 Å². The number of fused-ring (bicyclic) bond motifs is 2. The van der Waals surface area contributed by atoms with Crippen LogP contribution in [0.3, 0.4) is 0 Å². The summed E-state index contributed by atoms with van der Waals surface area (Å²) in [4.78, 5) is 8.76. The van der Waals surface area contributed by atoms with E-state index in [1.807, 2.05) is 24.3 Å². The summed E-state index contributed by atoms with van der Waals surface area (Å²) >= 11 is 0. The van der Waals surface area contributed by atoms with Crippen LogP contribution in [0, 0.1) is 0 Å². The number of ether oxygens (including phenoxy) is 2. The van der Waals surface area contributed by atoms with Crippen LogP contribution in [0.2, 0.25) is 0 Å². The number of nitrogens with zero attached hydrogens (tertiary/aromatic N) is 1. The number of methoxy groups -OCH3 is 2. The Morgan fingerprint density at radius 2 is 1.20 bits per heavy atom. The molecule has 35 heavy (non-hydrogen) atoms. The second-order valence-electron chi connectivity index (χ2n) is 8.45. The van der Waals surface area contributed by atoms with Gasteiger partial charge in [-0.2, -0.15) is 0 Å². The lowest BCUT2D eigenvalue weighted by Gasteiger charge is -2.04. The van der Waals surface area contributed by atoms with E-state index in [1.54, 1.807) is 14.2 Å². The number of H-pyrrole nitrogens is 1. The van der Waals surface area contributed by atoms with Crippen molar-refractivity contribution in [2.45, 2.75) is 0 Å². The number of benzene rings is 4. The lowest BCUT2D eigenvalue weighted by molar-refractivity contribution is 0.414. The molecule has 0 unspecified atom stereocenters. The number of aromatic amines is 1. The quantitative estimate of drug-likeness (QED) is 0.304. The first-order valence-electron chi connectivity index (χ1n) is 11.5. The van der Waals surface area contributed by atoms with E-state index in [4.69, 9.17) is 14.5 Å². The topological polar surface area (TPSA) is 46.6 Å². The molecule has 0 atom stereocenters. The molecular formula is C31H24N2O2. The van der Waals surface area contributed by atoms with Gasteiger partial charge in [-0.3, -0.25) is 0 Å². The van der Waals surface area contributed by atoms with Crippen LogP contribution in [0.1, 0.15) is 22.4 Å². The number of hydrogen-bond acceptors (Lipinski definition) is 3. The molecule has 0 saturated carbocycles. The molecule has 1 N–H and O–H groups in total. The highest BCUT2D eigenvalue weighted by Crippen LogP contribution is 2.37. The number of aliphatic imine (C=N–C) groups is 1. The highest BCUT2D eigenvalue weighted by atomic mass is 16.5. The van der Waals surface area contributed by atoms with Crippen molar-refractivity contribution >= 4 is 28.3 Å². The Labute approximate surface area is 204 Å². The van der Waals surface area contributed by atoms with Gasteiger partial charge in [0.2, 0.25) is 0 Å². The van der Waals surface area contributed by atoms with E-state index in [0.29, 0.717) is 0 Å². The van der Waals surface area contributed by atoms with Crippen LogP contribution in [0.5, 0.6) is 11.5 Å². The van der Waals surface area contributed by atoms with Crippen LogP contribution in [-0.4, -0.2) is 24.9 Å². The number of aromatic nitrogens is 1. The van der Waals surface area contributed by atoms with Gasteiger partial charge in [-0.1, -0.05) is 48.5 Å². The lowest BCUT2D eigenvalue weighted by Crippen LogP contribution is -2.00. The third-order valence-corrected chi connectivity index (χ3v) is 6.46. The summed E-state index contributed by atoms with van der Waals surface area (Å²) in [5.41, 5.74) is 8.48. The third-order valence-electron chi connectivity index (χ3n) is 6.46. The SMILES string of the molecule is COc1ccc(C2=N/C(=C/c3[nH]c(-c4ccc(OC)cc4)c4ccccc34)c3ccccc32)cc1. The van der Waals surface area contributed by atoms with E-state index < -0.39 is 0 Å². The molecule has 1 aromatic heterocycles. The molecule has 1 aliphatic heterocycles. The highest BCUT2D eigenvalue weighted by molar-refractivity contribution is 6.22. The summed E-state index contributed by atoms with van der Waals surface area (Å²) in [6.07, 6.45) is 2.16. The molecule has 4 heteroatoms. The van der Waals surface area contributed by atoms with Gasteiger partial charge in [-0.25, -0.2) is 4.99 Å². The van der Waals surface area contributed by atoms with Crippen LogP contribution in [0.25, 0.3) is 33.8 Å². The zero-order valence-electron chi connectivity index (χ0n) is 19.6. The largest absolute Gasteiger partial charge is 0.497 e. The molecule has 0 aliphatic carbocycles. The van der Waals surface area contributed by atoms with Crippen molar-refractivity contribution in [3.8, 4) is 22.8 Å². The van der Waals surface area contributed by atoms with Crippen LogP contribution in [-0.2, 0) is 0 Å². The summed E-state index contributed by atoms with van der Waals surface area (Å²) in [6, 6.07) is 33.1. The van der Waals surface area contributed by atoms with Crippen molar-refractivity contribution in [3.63, 3.8) is 0 Å². The number of nitrogens with one attached hydrogen (secondary N) is 1. The van der Waals surface area contributed by atoms with Crippen LogP contribution < -0.4 is 9.47 Å². The summed E-state index contributed by atoms with van der Waals surface area (Å²) in [5, 5.41) is 2.34. The van der Waals surface area contributed by atoms with Crippen LogP contribution in [0.15, 0.2) is 102 Å². The Morgan fingerprint density at radius 1 is 0.629 bits per heavy atom. The maximum absolute atomic E-state index is 5.34. The highest BCUT2D eigenvalue weighted by Gasteiger charge is 2.22. The van der Waals surface area contributed by atoms with Gasteiger partial charge in [0.1, 0.15) is 11.5 Å². The lowest BCUT2D eigenvalue weighted by atomic mass is 9.99. The maximum atomic E-state index is 5.34. The van der Waals surface area contributed by atoms with Gasteiger partial charge in [0.05, 0.1) is 31.3 Å². The third kappa shape index (κ3) is 3.69. The average molecular weight is 457 g/mol. The number of hydrogen-bond donors (Lipinski definition) is 1. The smallest absolute Gasteiger partial charge is 0.118 e. The van der Waals surface area contributed by atoms with E-state index >= 15 is 0 Å². The molecule has 0 amide bonds. The first kappa shape index (κ1) is 21.0. The molecule has 0 fully saturated rings. The molecule has 0 bridgehead atoms. The molecule has 0 spiro atoms. The molecule has 1 aliphatic rings. The van der Waals surface area contributed by atoms with Crippen molar-refractivity contribution in [3.05, 3.63) is 119 Å². The minimum atomic E-state index is 0.834. The van der Waals surface area contributed by atoms with Crippen molar-refractivity contribution in [1.82, 2.24) is 4.98 Å². The van der Waals surface area contributed by atoms with Crippen LogP contribution in [0.4, 0.5) is 0 Å². The molecule has 0 radical (unpaired) electrons. The van der Waals surface area contributed by atoms with Crippen molar-refractivity contribution in [1.29, 1.82) is 0 Å². The fourth-order valence-electron chi connectivity index (χ4n) is 4.67. The van der Waals surface area contributed by atoms with Gasteiger partial charge < -0.3 is 14.5 Å². The van der Waals surface area contributed by atoms with E-state index in [-0.39, 0.29) is 0 Å². The molecule has 6 rings (SSSR count). The standard InChI is InChI=1S/C31H24N2O2/c1-34-22-15-11-20(12-16-22)30-26-9-5-3-7-24(26)28(32-30)19-29-25-8-4-6-10-27(25)31(33-29)21-13-17-23(35-2)18-14-21/h3-19,32H,1-2H3/b29-19+. The summed E-state index contributed by atoms with van der Waals surface area (Å²) in [6.45, 7) is 0. The first-order chi connectivity index (χ1) is 17.2. The molecular weight excluding hydrogens is 432 g/mol. The monoisotopic (exact) mass is 456 g/mol. The Kier molecular flexibility index (Phi) is 5.19. The van der Waals surface area contributed by atoms with Crippen LogP contribution >= 0.6 is 0 Å². The maximum Gasteiger partial charge on any atom is 0.118 e. The zero-order valence-corrected chi connectivity index (χ0v) is 19.6. The first-order valence-corrected chi connectivity index (χ1v) is 11.5. The Bertz CT molecular complexity index is 1590. The average Bonchev–Trinajstić information content (AvgIpc) is 3.48. The van der Waals surface area contributed by atoms with Crippen molar-refractivity contribution in [2.75, 3.05) is 14.2 Å². The predicted octanol–water partition coefficient (Wildman–Crippen LogP) is 7.20. The summed E-state index contributed by atoms with van der Waals surface area (Å²) in [7, 11) is 3.36. The second-order valence-corrected chi connectivity index (χ2v) is 8.45. The van der Waals surface area contributed by atoms with E-state index in [1.165, 1.54) is 5.39 Å². The summed E-state index contributed by atoms with van der Waals surface area (Å²) in [5.74, 6) is 1.68. The number of rotatable bonds is 5. The van der Waals surface area contributed by atoms with Gasteiger partial charge in [0.25, 0.3) is 0 Å². The van der Waals surface area contributed by atoms with Gasteiger partial charge in [-0.15, -0.1) is 0 Å².